The number of nitrogens with two attached hydrogens (primary N) is 1. The second-order valence-electron chi connectivity index (χ2n) is 2.80. The summed E-state index contributed by atoms with van der Waals surface area (Å²) in [6, 6.07) is 8.39. The lowest BCUT2D eigenvalue weighted by Crippen LogP contribution is -1.89. The van der Waals surface area contributed by atoms with Gasteiger partial charge in [-0.3, -0.25) is 0 Å². The third-order valence-corrected chi connectivity index (χ3v) is 2.63. The van der Waals surface area contributed by atoms with Gasteiger partial charge in [0.25, 0.3) is 0 Å². The van der Waals surface area contributed by atoms with Crippen LogP contribution in [0.3, 0.4) is 0 Å². The van der Waals surface area contributed by atoms with Crippen molar-refractivity contribution in [3.63, 3.8) is 0 Å². The van der Waals surface area contributed by atoms with E-state index in [-0.39, 0.29) is 5.82 Å². The summed E-state index contributed by atoms with van der Waals surface area (Å²) < 4.78 is 14.1. The van der Waals surface area contributed by atoms with Crippen LogP contribution in [0.1, 0.15) is 0 Å². The molecule has 0 fully saturated rings. The Morgan fingerprint density at radius 3 is 2.62 bits per heavy atom. The molecule has 2 aromatic carbocycles. The predicted octanol–water partition coefficient (Wildman–Crippen LogP) is 3.32. The number of hydrogen-bond acceptors (Lipinski definition) is 1. The van der Waals surface area contributed by atoms with Crippen LogP contribution in [-0.4, -0.2) is 0 Å². The Labute approximate surface area is 83.5 Å². The van der Waals surface area contributed by atoms with Gasteiger partial charge in [0.05, 0.1) is 0 Å². The molecule has 0 saturated heterocycles. The van der Waals surface area contributed by atoms with Gasteiger partial charge < -0.3 is 5.73 Å². The Hall–Kier alpha value is -1.09. The highest BCUT2D eigenvalue weighted by molar-refractivity contribution is 9.10. The zero-order valence-corrected chi connectivity index (χ0v) is 8.31. The van der Waals surface area contributed by atoms with Crippen LogP contribution in [0.4, 0.5) is 10.1 Å². The van der Waals surface area contributed by atoms with Crippen LogP contribution in [0.25, 0.3) is 10.8 Å². The van der Waals surface area contributed by atoms with Gasteiger partial charge in [-0.2, -0.15) is 0 Å². The van der Waals surface area contributed by atoms with E-state index in [0.717, 1.165) is 9.86 Å². The van der Waals surface area contributed by atoms with Crippen molar-refractivity contribution in [2.24, 2.45) is 0 Å². The molecular formula is C10H7BrFN. The van der Waals surface area contributed by atoms with Crippen molar-refractivity contribution >= 4 is 32.4 Å². The van der Waals surface area contributed by atoms with E-state index >= 15 is 0 Å². The molecule has 2 N–H and O–H groups in total. The molecule has 0 aliphatic rings. The first kappa shape index (κ1) is 8.51. The van der Waals surface area contributed by atoms with Crippen molar-refractivity contribution in [2.45, 2.75) is 0 Å². The fourth-order valence-electron chi connectivity index (χ4n) is 1.34. The number of rotatable bonds is 0. The van der Waals surface area contributed by atoms with Crippen molar-refractivity contribution in [2.75, 3.05) is 5.73 Å². The van der Waals surface area contributed by atoms with Gasteiger partial charge in [0.1, 0.15) is 5.82 Å². The fourth-order valence-corrected chi connectivity index (χ4v) is 1.90. The average Bonchev–Trinajstić information content (AvgIpc) is 2.12. The van der Waals surface area contributed by atoms with Crippen molar-refractivity contribution in [1.82, 2.24) is 0 Å². The molecule has 0 unspecified atom stereocenters. The smallest absolute Gasteiger partial charge is 0.132 e. The number of nitrogen functional groups attached to an aromatic ring is 1. The lowest BCUT2D eigenvalue weighted by Gasteiger charge is -2.04. The molecule has 0 saturated carbocycles. The molecule has 0 aliphatic carbocycles. The van der Waals surface area contributed by atoms with Crippen LogP contribution in [-0.2, 0) is 0 Å². The first-order valence-electron chi connectivity index (χ1n) is 3.82. The largest absolute Gasteiger partial charge is 0.398 e. The molecule has 0 radical (unpaired) electrons. The third kappa shape index (κ3) is 1.29. The second-order valence-corrected chi connectivity index (χ2v) is 3.65. The Morgan fingerprint density at radius 2 is 1.92 bits per heavy atom. The minimum Gasteiger partial charge on any atom is -0.398 e. The van der Waals surface area contributed by atoms with E-state index in [1.165, 1.54) is 6.07 Å². The third-order valence-electron chi connectivity index (χ3n) is 1.97. The number of hydrogen-bond donors (Lipinski definition) is 1. The summed E-state index contributed by atoms with van der Waals surface area (Å²) in [7, 11) is 0. The van der Waals surface area contributed by atoms with Gasteiger partial charge in [-0.25, -0.2) is 4.39 Å². The zero-order chi connectivity index (χ0) is 9.42. The maximum absolute atomic E-state index is 13.3. The van der Waals surface area contributed by atoms with E-state index < -0.39 is 0 Å². The van der Waals surface area contributed by atoms with Gasteiger partial charge in [0.15, 0.2) is 0 Å². The molecule has 1 nitrogen and oxygen atoms in total. The van der Waals surface area contributed by atoms with E-state index in [1.807, 2.05) is 6.07 Å². The molecule has 66 valence electrons. The first-order chi connectivity index (χ1) is 6.20. The lowest BCUT2D eigenvalue weighted by atomic mass is 10.1. The van der Waals surface area contributed by atoms with E-state index in [9.17, 15) is 4.39 Å². The monoisotopic (exact) mass is 239 g/mol. The van der Waals surface area contributed by atoms with Gasteiger partial charge in [-0.15, -0.1) is 0 Å². The number of halogens is 2. The van der Waals surface area contributed by atoms with Crippen LogP contribution in [0.2, 0.25) is 0 Å². The van der Waals surface area contributed by atoms with E-state index in [4.69, 9.17) is 5.73 Å². The maximum atomic E-state index is 13.3. The summed E-state index contributed by atoms with van der Waals surface area (Å²) >= 11 is 3.29. The molecule has 0 bridgehead atoms. The number of benzene rings is 2. The molecule has 3 heteroatoms. The highest BCUT2D eigenvalue weighted by atomic mass is 79.9. The topological polar surface area (TPSA) is 26.0 Å². The molecule has 0 atom stereocenters. The Balaban J connectivity index is 3.00. The number of anilines is 1. The second kappa shape index (κ2) is 3.00. The summed E-state index contributed by atoms with van der Waals surface area (Å²) in [6.07, 6.45) is 0. The van der Waals surface area contributed by atoms with Crippen LogP contribution in [0.15, 0.2) is 34.8 Å². The quantitative estimate of drug-likeness (QED) is 0.702. The first-order valence-corrected chi connectivity index (χ1v) is 4.61. The van der Waals surface area contributed by atoms with Crippen LogP contribution < -0.4 is 5.73 Å². The zero-order valence-electron chi connectivity index (χ0n) is 6.72. The highest BCUT2D eigenvalue weighted by Crippen LogP contribution is 2.29. The predicted molar refractivity (Wildman–Crippen MR) is 56.0 cm³/mol. The van der Waals surface area contributed by atoms with Crippen LogP contribution in [0.5, 0.6) is 0 Å². The van der Waals surface area contributed by atoms with E-state index in [0.29, 0.717) is 11.1 Å². The molecule has 0 aromatic heterocycles. The Kier molecular flexibility index (Phi) is 1.96. The number of fused-ring (bicyclic) bond motifs is 1. The van der Waals surface area contributed by atoms with Gasteiger partial charge >= 0.3 is 0 Å². The fraction of sp³-hybridized carbons (Fsp3) is 0. The molecule has 2 rings (SSSR count). The van der Waals surface area contributed by atoms with Gasteiger partial charge in [-0.05, 0) is 18.2 Å². The summed E-state index contributed by atoms with van der Waals surface area (Å²) in [6.45, 7) is 0. The molecule has 0 spiro atoms. The van der Waals surface area contributed by atoms with Gasteiger partial charge in [-0.1, -0.05) is 28.1 Å². The Bertz CT molecular complexity index is 459. The molecule has 2 aromatic rings. The van der Waals surface area contributed by atoms with Crippen molar-refractivity contribution in [1.29, 1.82) is 0 Å². The molecule has 0 amide bonds. The summed E-state index contributed by atoms with van der Waals surface area (Å²) in [5.74, 6) is -0.253. The minimum absolute atomic E-state index is 0.253. The van der Waals surface area contributed by atoms with Crippen molar-refractivity contribution in [3.05, 3.63) is 40.6 Å². The van der Waals surface area contributed by atoms with Crippen molar-refractivity contribution < 1.29 is 4.39 Å². The van der Waals surface area contributed by atoms with Crippen molar-refractivity contribution in [3.8, 4) is 0 Å². The summed E-state index contributed by atoms with van der Waals surface area (Å²) in [4.78, 5) is 0. The normalized spacial score (nSPS) is 10.6. The average molecular weight is 240 g/mol. The standard InChI is InChI=1S/C10H7BrFN/c11-7-3-1-2-6-9(13)5-4-8(12)10(6)7/h1-5H,13H2. The van der Waals surface area contributed by atoms with Gasteiger partial charge in [0, 0.05) is 20.9 Å². The lowest BCUT2D eigenvalue weighted by molar-refractivity contribution is 0.639. The molecular weight excluding hydrogens is 233 g/mol. The SMILES string of the molecule is Nc1ccc(F)c2c(Br)cccc12. The summed E-state index contributed by atoms with van der Waals surface area (Å²) in [5, 5.41) is 1.29. The van der Waals surface area contributed by atoms with E-state index in [2.05, 4.69) is 15.9 Å². The van der Waals surface area contributed by atoms with Gasteiger partial charge in [0.2, 0.25) is 0 Å². The molecule has 0 heterocycles. The summed E-state index contributed by atoms with van der Waals surface area (Å²) in [5.41, 5.74) is 6.30. The van der Waals surface area contributed by atoms with Crippen LogP contribution >= 0.6 is 15.9 Å². The van der Waals surface area contributed by atoms with E-state index in [1.54, 1.807) is 18.2 Å². The molecule has 13 heavy (non-hydrogen) atoms. The minimum atomic E-state index is -0.253. The highest BCUT2D eigenvalue weighted by Gasteiger charge is 2.05. The maximum Gasteiger partial charge on any atom is 0.132 e. The Morgan fingerprint density at radius 1 is 1.15 bits per heavy atom. The molecule has 0 aliphatic heterocycles. The van der Waals surface area contributed by atoms with Crippen LogP contribution in [0, 0.1) is 5.82 Å².